The van der Waals surface area contributed by atoms with Crippen molar-refractivity contribution in [3.63, 3.8) is 0 Å². The molecule has 3 aliphatic carbocycles. The van der Waals surface area contributed by atoms with Gasteiger partial charge in [-0.15, -0.1) is 0 Å². The van der Waals surface area contributed by atoms with Crippen LogP contribution in [0.15, 0.2) is 11.1 Å². The molecule has 0 amide bonds. The summed E-state index contributed by atoms with van der Waals surface area (Å²) in [5.41, 5.74) is -2.43. The molecule has 4 aliphatic rings. The van der Waals surface area contributed by atoms with Gasteiger partial charge in [0.05, 0.1) is 12.2 Å². The summed E-state index contributed by atoms with van der Waals surface area (Å²) in [5, 5.41) is 15.6. The number of ether oxygens (including phenoxy) is 4. The number of hydrogen-bond donors (Lipinski definition) is 2. The molecule has 1 aliphatic heterocycles. The van der Waals surface area contributed by atoms with E-state index in [0.717, 1.165) is 11.1 Å². The van der Waals surface area contributed by atoms with E-state index in [4.69, 9.17) is 18.9 Å². The van der Waals surface area contributed by atoms with Gasteiger partial charge in [0.2, 0.25) is 0 Å². The van der Waals surface area contributed by atoms with Crippen molar-refractivity contribution in [1.82, 2.24) is 5.32 Å². The number of nitrogens with one attached hydrogen (secondary N) is 1. The Bertz CT molecular complexity index is 1110. The average molecular weight is 645 g/mol. The van der Waals surface area contributed by atoms with Gasteiger partial charge in [0.1, 0.15) is 18.0 Å². The Kier molecular flexibility index (Phi) is 11.7. The quantitative estimate of drug-likeness (QED) is 0.337. The molecular weight excluding hydrogens is 589 g/mol. The first-order chi connectivity index (χ1) is 19.3. The van der Waals surface area contributed by atoms with Crippen LogP contribution in [0.2, 0.25) is 0 Å². The summed E-state index contributed by atoms with van der Waals surface area (Å²) in [5.74, 6) is -2.50. The number of fused-ring (bicyclic) bond motifs is 5. The van der Waals surface area contributed by atoms with Crippen molar-refractivity contribution in [2.24, 2.45) is 40.4 Å². The summed E-state index contributed by atoms with van der Waals surface area (Å²) in [6, 6.07) is 0. The number of ketones is 1. The van der Waals surface area contributed by atoms with Gasteiger partial charge in [-0.2, -0.15) is 0 Å². The Morgan fingerprint density at radius 3 is 2.12 bits per heavy atom. The van der Waals surface area contributed by atoms with E-state index in [2.05, 4.69) is 12.2 Å². The van der Waals surface area contributed by atoms with E-state index in [0.29, 0.717) is 6.42 Å². The predicted octanol–water partition coefficient (Wildman–Crippen LogP) is 4.10. The van der Waals surface area contributed by atoms with Crippen LogP contribution < -0.4 is 5.32 Å². The predicted molar refractivity (Wildman–Crippen MR) is 159 cm³/mol. The number of methoxy groups -OCH3 is 1. The Morgan fingerprint density at radius 1 is 1.12 bits per heavy atom. The zero-order valence-electron chi connectivity index (χ0n) is 28.5. The molecule has 1 heterocycles. The Labute approximate surface area is 270 Å². The average Bonchev–Trinajstić information content (AvgIpc) is 2.87. The molecule has 0 spiro atoms. The van der Waals surface area contributed by atoms with E-state index < -0.39 is 63.9 Å². The zero-order valence-corrected chi connectivity index (χ0v) is 29.9. The van der Waals surface area contributed by atoms with Gasteiger partial charge in [-0.3, -0.25) is 9.59 Å². The monoisotopic (exact) mass is 644 g/mol. The topological polar surface area (TPSA) is 120 Å². The number of hydrogen-bond acceptors (Lipinski definition) is 9. The summed E-state index contributed by atoms with van der Waals surface area (Å²) >= 11 is 0. The molecule has 0 aromatic rings. The van der Waals surface area contributed by atoms with Gasteiger partial charge in [-0.05, 0) is 56.3 Å². The first kappa shape index (κ1) is 38.0. The van der Waals surface area contributed by atoms with Gasteiger partial charge in [-0.25, -0.2) is 4.79 Å². The van der Waals surface area contributed by atoms with Crippen molar-refractivity contribution in [3.05, 3.63) is 11.1 Å². The molecule has 43 heavy (non-hydrogen) atoms. The van der Waals surface area contributed by atoms with Gasteiger partial charge >= 0.3 is 11.9 Å². The van der Waals surface area contributed by atoms with Gasteiger partial charge in [0, 0.05) is 61.7 Å². The maximum absolute atomic E-state index is 14.7. The van der Waals surface area contributed by atoms with E-state index in [1.165, 1.54) is 14.0 Å². The summed E-state index contributed by atoms with van der Waals surface area (Å²) in [7, 11) is 5.23. The minimum absolute atomic E-state index is 0. The number of rotatable bonds is 5. The van der Waals surface area contributed by atoms with E-state index in [-0.39, 0.29) is 55.3 Å². The molecule has 5 unspecified atom stereocenters. The maximum Gasteiger partial charge on any atom is 0.336 e. The molecular formula is C33H55NO8V. The molecule has 0 aromatic carbocycles. The van der Waals surface area contributed by atoms with Crippen molar-refractivity contribution in [2.45, 2.75) is 112 Å². The second kappa shape index (κ2) is 13.2. The maximum atomic E-state index is 14.7. The van der Waals surface area contributed by atoms with E-state index >= 15 is 0 Å². The van der Waals surface area contributed by atoms with E-state index in [9.17, 15) is 19.5 Å². The van der Waals surface area contributed by atoms with Crippen molar-refractivity contribution in [2.75, 3.05) is 27.8 Å². The van der Waals surface area contributed by atoms with Crippen LogP contribution in [0.3, 0.4) is 0 Å². The molecule has 4 rings (SSSR count). The fourth-order valence-corrected chi connectivity index (χ4v) is 9.15. The minimum atomic E-state index is -1.38. The Morgan fingerprint density at radius 2 is 1.67 bits per heavy atom. The van der Waals surface area contributed by atoms with Crippen molar-refractivity contribution >= 4 is 17.7 Å². The summed E-state index contributed by atoms with van der Waals surface area (Å²) < 4.78 is 23.6. The molecule has 0 aromatic heterocycles. The number of carbonyl (C=O) groups excluding carboxylic acids is 3. The van der Waals surface area contributed by atoms with Gasteiger partial charge in [-0.1, -0.05) is 55.4 Å². The molecule has 10 atom stereocenters. The molecule has 3 fully saturated rings. The van der Waals surface area contributed by atoms with Crippen molar-refractivity contribution < 1.29 is 57.0 Å². The first-order valence-corrected chi connectivity index (χ1v) is 15.4. The normalized spacial score (nSPS) is 40.2. The van der Waals surface area contributed by atoms with E-state index in [1.54, 1.807) is 0 Å². The van der Waals surface area contributed by atoms with Crippen LogP contribution in [0.5, 0.6) is 0 Å². The zero-order chi connectivity index (χ0) is 32.2. The third-order valence-corrected chi connectivity index (χ3v) is 11.3. The van der Waals surface area contributed by atoms with Crippen LogP contribution in [0.4, 0.5) is 0 Å². The number of esters is 2. The molecule has 2 saturated carbocycles. The fourth-order valence-electron chi connectivity index (χ4n) is 9.15. The third-order valence-electron chi connectivity index (χ3n) is 11.3. The molecule has 2 bridgehead atoms. The van der Waals surface area contributed by atoms with E-state index in [1.807, 2.05) is 69.5 Å². The number of aliphatic hydroxyl groups is 1. The molecule has 1 saturated heterocycles. The molecule has 9 nitrogen and oxygen atoms in total. The second-order valence-electron chi connectivity index (χ2n) is 14.3. The van der Waals surface area contributed by atoms with Crippen LogP contribution >= 0.6 is 0 Å². The van der Waals surface area contributed by atoms with Crippen LogP contribution in [-0.2, 0) is 51.9 Å². The fraction of sp³-hybridized carbons (Fsp3) is 0.848. The SMILES string of the molecule is CNC.COC(C(=O)OC1CC2(O)[C@@H](C)C3[C@]4(OC(C)=O)COC4C[C@H](C)[C@@]3(C)C(=O)[C@H](C)C(=C1C)C2(C)C)C(C)C.[V]. The second-order valence-corrected chi connectivity index (χ2v) is 14.3. The van der Waals surface area contributed by atoms with Gasteiger partial charge in [0.15, 0.2) is 11.7 Å². The molecule has 10 heteroatoms. The van der Waals surface area contributed by atoms with Crippen LogP contribution in [0.25, 0.3) is 0 Å². The third kappa shape index (κ3) is 5.69. The van der Waals surface area contributed by atoms with Crippen molar-refractivity contribution in [1.29, 1.82) is 0 Å². The summed E-state index contributed by atoms with van der Waals surface area (Å²) in [6.07, 6.45) is -1.03. The largest absolute Gasteiger partial charge is 0.456 e. The first-order valence-electron chi connectivity index (χ1n) is 15.4. The van der Waals surface area contributed by atoms with Crippen LogP contribution in [0, 0.1) is 40.4 Å². The standard InChI is InChI=1S/C31H48O8.C2H7N.V/c1-15(2)24(36-11)27(34)38-21-13-31(35)19(6)25-29(10,26(33)18(5)23(17(21)4)28(31,8)9)16(3)12-22-30(25,14-37-22)39-20(7)32;1-3-2;/h15-16,18-19,21-22,24-25,35H,12-14H2,1-11H3;3H,1-2H3;/t16-,18+,19-,21?,22?,24?,25?,29+,30-,31?;;/m0../s1. The Balaban J connectivity index is 0.00000155. The molecule has 245 valence electrons. The van der Waals surface area contributed by atoms with Crippen LogP contribution in [-0.4, -0.2) is 80.2 Å². The molecule has 2 N–H and O–H groups in total. The number of carbonyl (C=O) groups is 3. The number of Topliss-reactive ketones (excluding diaryl/α,β-unsaturated/α-hetero) is 1. The van der Waals surface area contributed by atoms with Crippen LogP contribution in [0.1, 0.15) is 82.1 Å². The molecule has 1 radical (unpaired) electrons. The van der Waals surface area contributed by atoms with Gasteiger partial charge < -0.3 is 29.4 Å². The van der Waals surface area contributed by atoms with Crippen molar-refractivity contribution in [3.8, 4) is 0 Å². The Hall–Kier alpha value is -1.23. The van der Waals surface area contributed by atoms with Gasteiger partial charge in [0.25, 0.3) is 0 Å². The summed E-state index contributed by atoms with van der Waals surface area (Å²) in [4.78, 5) is 40.3. The smallest absolute Gasteiger partial charge is 0.336 e. The minimum Gasteiger partial charge on any atom is -0.456 e. The summed E-state index contributed by atoms with van der Waals surface area (Å²) in [6.45, 7) is 19.2.